The number of nitrogens with zero attached hydrogens (tertiary/aromatic N) is 4. The van der Waals surface area contributed by atoms with E-state index in [4.69, 9.17) is 11.5 Å². The van der Waals surface area contributed by atoms with Crippen molar-refractivity contribution < 1.29 is 77.8 Å². The third kappa shape index (κ3) is 9.81. The van der Waals surface area contributed by atoms with Gasteiger partial charge in [-0.05, 0) is 59.7 Å². The van der Waals surface area contributed by atoms with Gasteiger partial charge in [0.15, 0.2) is 0 Å². The van der Waals surface area contributed by atoms with Crippen molar-refractivity contribution in [3.05, 3.63) is 96.1 Å². The molecule has 0 amide bonds. The van der Waals surface area contributed by atoms with Crippen LogP contribution >= 0.6 is 0 Å². The second-order valence-electron chi connectivity index (χ2n) is 13.0. The molecule has 0 unspecified atom stereocenters. The number of anilines is 2. The molecule has 0 aliphatic rings. The Morgan fingerprint density at radius 2 is 0.688 bits per heavy atom. The van der Waals surface area contributed by atoms with Crippen molar-refractivity contribution in [2.24, 2.45) is 20.5 Å². The van der Waals surface area contributed by atoms with Gasteiger partial charge in [0.25, 0.3) is 60.7 Å². The van der Waals surface area contributed by atoms with E-state index in [-0.39, 0.29) is 22.5 Å². The molecule has 0 saturated carbocycles. The summed E-state index contributed by atoms with van der Waals surface area (Å²) in [4.78, 5) is -5.23. The molecule has 6 rings (SSSR count). The number of hydrogen-bond acceptors (Lipinski definition) is 18. The fourth-order valence-electron chi connectivity index (χ4n) is 6.16. The van der Waals surface area contributed by atoms with Crippen LogP contribution in [0.2, 0.25) is 0 Å². The molecular weight excluding hydrogens is 973 g/mol. The fraction of sp³-hybridized carbons (Fsp3) is 0. The lowest BCUT2D eigenvalue weighted by atomic mass is 10.1. The number of nitrogens with two attached hydrogens (primary N) is 2. The van der Waals surface area contributed by atoms with Crippen molar-refractivity contribution in [1.29, 1.82) is 0 Å². The second-order valence-corrected chi connectivity index (χ2v) is 21.3. The van der Waals surface area contributed by atoms with Gasteiger partial charge in [-0.15, -0.1) is 10.2 Å². The number of azo groups is 2. The lowest BCUT2D eigenvalue weighted by Gasteiger charge is -2.12. The first-order chi connectivity index (χ1) is 29.4. The Labute approximate surface area is 361 Å². The Morgan fingerprint density at radius 1 is 0.375 bits per heavy atom. The molecule has 30 heteroatoms. The van der Waals surface area contributed by atoms with Crippen molar-refractivity contribution in [3.63, 3.8) is 0 Å². The maximum atomic E-state index is 12.5. The van der Waals surface area contributed by atoms with Crippen LogP contribution in [0.4, 0.5) is 34.1 Å². The third-order valence-corrected chi connectivity index (χ3v) is 14.3. The number of fused-ring (bicyclic) bond motifs is 2. The van der Waals surface area contributed by atoms with Gasteiger partial charge in [-0.3, -0.25) is 27.3 Å². The van der Waals surface area contributed by atoms with E-state index in [0.29, 0.717) is 12.1 Å². The summed E-state index contributed by atoms with van der Waals surface area (Å²) in [6.45, 7) is 0. The lowest BCUT2D eigenvalue weighted by Crippen LogP contribution is -2.05. The van der Waals surface area contributed by atoms with Crippen LogP contribution in [0.15, 0.2) is 135 Å². The maximum Gasteiger partial charge on any atom is 0.295 e. The third-order valence-electron chi connectivity index (χ3n) is 8.86. The molecule has 24 nitrogen and oxygen atoms in total. The Bertz CT molecular complexity index is 3550. The van der Waals surface area contributed by atoms with E-state index in [1.165, 1.54) is 0 Å². The largest absolute Gasteiger partial charge is 0.396 e. The van der Waals surface area contributed by atoms with E-state index in [0.717, 1.165) is 84.9 Å². The highest BCUT2D eigenvalue weighted by molar-refractivity contribution is 7.87. The van der Waals surface area contributed by atoms with E-state index < -0.39 is 134 Å². The van der Waals surface area contributed by atoms with Crippen LogP contribution in [0, 0.1) is 0 Å². The fourth-order valence-corrected chi connectivity index (χ4v) is 10.4. The summed E-state index contributed by atoms with van der Waals surface area (Å²) in [5.41, 5.74) is 8.55. The summed E-state index contributed by atoms with van der Waals surface area (Å²) in [5.74, 6) is 0. The summed E-state index contributed by atoms with van der Waals surface area (Å²) < 4.78 is 206. The van der Waals surface area contributed by atoms with Gasteiger partial charge in [-0.2, -0.15) is 60.7 Å². The zero-order valence-electron chi connectivity index (χ0n) is 31.2. The predicted molar refractivity (Wildman–Crippen MR) is 226 cm³/mol. The van der Waals surface area contributed by atoms with Crippen molar-refractivity contribution in [2.45, 2.75) is 29.4 Å². The average Bonchev–Trinajstić information content (AvgIpc) is 3.17. The number of hydrogen-bond donors (Lipinski definition) is 8. The summed E-state index contributed by atoms with van der Waals surface area (Å²) in [7, 11) is -30.5. The van der Waals surface area contributed by atoms with Crippen LogP contribution in [0.3, 0.4) is 0 Å². The van der Waals surface area contributed by atoms with Gasteiger partial charge < -0.3 is 11.5 Å². The van der Waals surface area contributed by atoms with E-state index in [1.54, 1.807) is 0 Å². The van der Waals surface area contributed by atoms with Gasteiger partial charge in [0, 0.05) is 21.5 Å². The van der Waals surface area contributed by atoms with Crippen molar-refractivity contribution in [2.75, 3.05) is 11.5 Å². The molecule has 0 atom stereocenters. The summed E-state index contributed by atoms with van der Waals surface area (Å²) in [6.07, 6.45) is 1.95. The van der Waals surface area contributed by atoms with Gasteiger partial charge in [0.1, 0.15) is 40.7 Å². The van der Waals surface area contributed by atoms with Crippen LogP contribution in [-0.2, 0) is 60.7 Å². The monoisotopic (exact) mass is 998 g/mol. The molecule has 0 heterocycles. The van der Waals surface area contributed by atoms with E-state index in [2.05, 4.69) is 20.5 Å². The molecule has 0 radical (unpaired) electrons. The average molecular weight is 999 g/mol. The normalized spacial score (nSPS) is 13.5. The van der Waals surface area contributed by atoms with E-state index in [9.17, 15) is 77.8 Å². The molecular formula is C34H26N6O18S6. The minimum absolute atomic E-state index is 0.325. The Hall–Kier alpha value is -6.16. The van der Waals surface area contributed by atoms with Crippen LogP contribution in [0.5, 0.6) is 0 Å². The van der Waals surface area contributed by atoms with Crippen LogP contribution in [0.1, 0.15) is 11.1 Å². The molecule has 6 aromatic carbocycles. The van der Waals surface area contributed by atoms with Crippen LogP contribution in [-0.4, -0.2) is 77.8 Å². The van der Waals surface area contributed by atoms with Crippen molar-refractivity contribution in [1.82, 2.24) is 0 Å². The first-order valence-electron chi connectivity index (χ1n) is 16.7. The highest BCUT2D eigenvalue weighted by atomic mass is 32.2. The number of rotatable bonds is 12. The maximum absolute atomic E-state index is 12.5. The van der Waals surface area contributed by atoms with Crippen LogP contribution < -0.4 is 11.5 Å². The van der Waals surface area contributed by atoms with E-state index >= 15 is 0 Å². The molecule has 0 spiro atoms. The molecule has 0 aliphatic carbocycles. The smallest absolute Gasteiger partial charge is 0.295 e. The standard InChI is InChI=1S/C34H26N6O18S6/c35-33-23(15-29(63(53,54)55)21-3-1-5-25(31(21)33)59(41,42)43)39-37-19-11-9-17(27(13-19)61(47,48)49)7-8-18-10-12-20(14-28(18)62(50,51)52)38-40-24-16-30(64(56,57)58)22-4-2-6-26(60(44,45)46)32(22)34(24)36/h1-16H,35-36H2,(H,41,42,43)(H,44,45,46)(H,47,48,49)(H,50,51,52)(H,53,54,55)(H,56,57,58)/b8-7+,39-37?,40-38?. The minimum atomic E-state index is -5.14. The summed E-state index contributed by atoms with van der Waals surface area (Å²) in [5, 5.41) is 13.1. The second kappa shape index (κ2) is 16.4. The Balaban J connectivity index is 1.40. The molecule has 0 fully saturated rings. The molecule has 0 bridgehead atoms. The minimum Gasteiger partial charge on any atom is -0.396 e. The lowest BCUT2D eigenvalue weighted by molar-refractivity contribution is 0.480. The number of benzene rings is 6. The quantitative estimate of drug-likeness (QED) is 0.0318. The molecule has 0 aliphatic heterocycles. The Morgan fingerprint density at radius 3 is 0.984 bits per heavy atom. The van der Waals surface area contributed by atoms with Gasteiger partial charge >= 0.3 is 0 Å². The molecule has 64 heavy (non-hydrogen) atoms. The summed E-state index contributed by atoms with van der Waals surface area (Å²) in [6, 6.07) is 13.3. The zero-order chi connectivity index (χ0) is 47.5. The van der Waals surface area contributed by atoms with Crippen molar-refractivity contribution in [3.8, 4) is 0 Å². The number of nitrogen functional groups attached to an aromatic ring is 2. The van der Waals surface area contributed by atoms with Crippen molar-refractivity contribution >= 4 is 129 Å². The van der Waals surface area contributed by atoms with Gasteiger partial charge in [-0.25, -0.2) is 0 Å². The molecule has 336 valence electrons. The predicted octanol–water partition coefficient (Wildman–Crippen LogP) is 5.64. The summed E-state index contributed by atoms with van der Waals surface area (Å²) >= 11 is 0. The highest BCUT2D eigenvalue weighted by Gasteiger charge is 2.26. The SMILES string of the molecule is Nc1c(N=Nc2ccc(/C=C/c3ccc(N=Nc4cc(S(=O)(=O)O)c5cccc(S(=O)(=O)O)c5c4N)cc3S(=O)(=O)O)c(S(=O)(=O)O)c2)cc(S(=O)(=O)O)c2cccc(S(=O)(=O)O)c12. The van der Waals surface area contributed by atoms with Gasteiger partial charge in [0.05, 0.1) is 22.7 Å². The van der Waals surface area contributed by atoms with Crippen LogP contribution in [0.25, 0.3) is 33.7 Å². The molecule has 10 N–H and O–H groups in total. The molecule has 6 aromatic rings. The zero-order valence-corrected chi connectivity index (χ0v) is 36.1. The van der Waals surface area contributed by atoms with Gasteiger partial charge in [-0.1, -0.05) is 48.6 Å². The molecule has 0 saturated heterocycles. The molecule has 0 aromatic heterocycles. The van der Waals surface area contributed by atoms with E-state index in [1.807, 2.05) is 0 Å². The van der Waals surface area contributed by atoms with Gasteiger partial charge in [0.2, 0.25) is 0 Å². The first-order valence-corrected chi connectivity index (χ1v) is 25.4. The topological polar surface area (TPSA) is 428 Å². The Kier molecular flexibility index (Phi) is 12.2. The highest BCUT2D eigenvalue weighted by Crippen LogP contribution is 2.42. The first kappa shape index (κ1) is 47.3.